The van der Waals surface area contributed by atoms with Gasteiger partial charge in [0, 0.05) is 30.1 Å². The molecule has 9 heteroatoms. The van der Waals surface area contributed by atoms with Crippen LogP contribution in [0.3, 0.4) is 0 Å². The minimum atomic E-state index is -0.913. The van der Waals surface area contributed by atoms with Crippen molar-refractivity contribution in [2.75, 3.05) is 20.2 Å². The molecule has 1 unspecified atom stereocenters. The van der Waals surface area contributed by atoms with Crippen LogP contribution < -0.4 is 26.5 Å². The number of aromatic amines is 1. The lowest BCUT2D eigenvalue weighted by molar-refractivity contribution is -0.127. The maximum atomic E-state index is 13.8. The Hall–Kier alpha value is -4.34. The molecule has 0 saturated carbocycles. The molecule has 2 aliphatic heterocycles. The van der Waals surface area contributed by atoms with Crippen molar-refractivity contribution in [3.63, 3.8) is 0 Å². The minimum absolute atomic E-state index is 0.0367. The van der Waals surface area contributed by atoms with E-state index in [-0.39, 0.29) is 18.1 Å². The Morgan fingerprint density at radius 1 is 1.05 bits per heavy atom. The number of carbonyl (C=O) groups excluding carboxylic acids is 1. The molecule has 0 aliphatic carbocycles. The number of nitrogens with one attached hydrogen (secondary N) is 4. The molecule has 9 nitrogen and oxygen atoms in total. The van der Waals surface area contributed by atoms with Crippen molar-refractivity contribution in [1.82, 2.24) is 25.9 Å². The van der Waals surface area contributed by atoms with E-state index < -0.39 is 5.54 Å². The Morgan fingerprint density at radius 2 is 1.79 bits per heavy atom. The second kappa shape index (κ2) is 12.9. The molecule has 0 radical (unpaired) electrons. The number of hydrazone groups is 1. The number of amidine groups is 1. The fourth-order valence-electron chi connectivity index (χ4n) is 6.13. The van der Waals surface area contributed by atoms with E-state index in [2.05, 4.69) is 74.5 Å². The third-order valence-corrected chi connectivity index (χ3v) is 8.72. The largest absolute Gasteiger partial charge is 0.497 e. The number of methoxy groups -OCH3 is 1. The van der Waals surface area contributed by atoms with Crippen molar-refractivity contribution in [3.05, 3.63) is 102 Å². The second-order valence-electron chi connectivity index (χ2n) is 11.6. The van der Waals surface area contributed by atoms with Gasteiger partial charge in [-0.15, -0.1) is 0 Å². The van der Waals surface area contributed by atoms with Gasteiger partial charge in [0.25, 0.3) is 0 Å². The van der Waals surface area contributed by atoms with Crippen LogP contribution in [0, 0.1) is 0 Å². The van der Waals surface area contributed by atoms with Gasteiger partial charge in [-0.3, -0.25) is 10.2 Å². The Bertz CT molecular complexity index is 1540. The van der Waals surface area contributed by atoms with E-state index in [0.717, 1.165) is 59.5 Å². The number of nitrogens with zero attached hydrogens (tertiary/aromatic N) is 2. The van der Waals surface area contributed by atoms with Crippen molar-refractivity contribution in [1.29, 1.82) is 0 Å². The van der Waals surface area contributed by atoms with Crippen molar-refractivity contribution < 1.29 is 9.53 Å². The van der Waals surface area contributed by atoms with Gasteiger partial charge in [0.05, 0.1) is 18.7 Å². The number of aromatic nitrogens is 1. The molecule has 0 spiro atoms. The summed E-state index contributed by atoms with van der Waals surface area (Å²) in [5.41, 5.74) is 13.8. The van der Waals surface area contributed by atoms with Gasteiger partial charge in [-0.2, -0.15) is 5.10 Å². The summed E-state index contributed by atoms with van der Waals surface area (Å²) in [6, 6.07) is 26.5. The van der Waals surface area contributed by atoms with Crippen LogP contribution in [0.5, 0.6) is 5.75 Å². The van der Waals surface area contributed by atoms with Crippen molar-refractivity contribution in [2.45, 2.75) is 56.4 Å². The monoisotopic (exact) mass is 579 g/mol. The smallest absolute Gasteiger partial charge is 0.240 e. The van der Waals surface area contributed by atoms with Gasteiger partial charge in [-0.1, -0.05) is 60.7 Å². The number of aryl methyl sites for hydroxylation is 1. The fraction of sp³-hybridized carbons (Fsp3) is 0.353. The number of amides is 1. The highest BCUT2D eigenvalue weighted by molar-refractivity contribution is 5.96. The number of H-pyrrole nitrogens is 1. The normalized spacial score (nSPS) is 18.6. The number of ether oxygens (including phenoxy) is 1. The zero-order chi connectivity index (χ0) is 29.6. The highest BCUT2D eigenvalue weighted by Crippen LogP contribution is 2.25. The fourth-order valence-corrected chi connectivity index (χ4v) is 6.13. The molecule has 6 rings (SSSR count). The summed E-state index contributed by atoms with van der Waals surface area (Å²) in [5, 5.41) is 12.7. The molecule has 1 amide bonds. The number of nitrogens with two attached hydrogens (primary N) is 1. The van der Waals surface area contributed by atoms with Crippen LogP contribution in [-0.4, -0.2) is 59.6 Å². The average Bonchev–Trinajstić information content (AvgIpc) is 3.64. The van der Waals surface area contributed by atoms with Crippen molar-refractivity contribution >= 4 is 22.6 Å². The highest BCUT2D eigenvalue weighted by Gasteiger charge is 2.40. The van der Waals surface area contributed by atoms with Gasteiger partial charge in [0.15, 0.2) is 0 Å². The summed E-state index contributed by atoms with van der Waals surface area (Å²) in [7, 11) is 1.67. The Balaban J connectivity index is 1.31. The van der Waals surface area contributed by atoms with Gasteiger partial charge in [-0.25, -0.2) is 0 Å². The number of hydrogen-bond donors (Lipinski definition) is 5. The summed E-state index contributed by atoms with van der Waals surface area (Å²) >= 11 is 0. The standard InChI is InChI=1S/C34H41N7O2/c1-43-27-14-11-25(12-15-27)23-41-31(16-13-24-7-3-2-4-8-24)39-40-32(41)30(38-33(42)34(35)17-19-36-20-18-34)21-26-22-37-29-10-6-5-9-28(26)29/h2-12,14-15,22,30-31,36-37,39H,13,16-21,23,35H2,1H3,(H,38,42)/t30-,31?/m1/s1. The molecule has 2 aliphatic rings. The van der Waals surface area contributed by atoms with Crippen molar-refractivity contribution in [2.24, 2.45) is 10.8 Å². The van der Waals surface area contributed by atoms with Gasteiger partial charge >= 0.3 is 0 Å². The topological polar surface area (TPSA) is 120 Å². The molecule has 224 valence electrons. The highest BCUT2D eigenvalue weighted by atomic mass is 16.5. The third-order valence-electron chi connectivity index (χ3n) is 8.72. The Kier molecular flexibility index (Phi) is 8.62. The van der Waals surface area contributed by atoms with E-state index in [9.17, 15) is 4.79 Å². The number of fused-ring (bicyclic) bond motifs is 1. The molecule has 6 N–H and O–H groups in total. The molecular formula is C34H41N7O2. The quantitative estimate of drug-likeness (QED) is 0.185. The molecule has 3 aromatic carbocycles. The molecule has 43 heavy (non-hydrogen) atoms. The van der Waals surface area contributed by atoms with Crippen LogP contribution in [0.4, 0.5) is 0 Å². The zero-order valence-electron chi connectivity index (χ0n) is 24.7. The first kappa shape index (κ1) is 28.8. The number of para-hydroxylation sites is 1. The van der Waals surface area contributed by atoms with E-state index in [1.165, 1.54) is 5.56 Å². The third kappa shape index (κ3) is 6.53. The lowest BCUT2D eigenvalue weighted by Gasteiger charge is -2.36. The van der Waals surface area contributed by atoms with Crippen LogP contribution in [0.2, 0.25) is 0 Å². The summed E-state index contributed by atoms with van der Waals surface area (Å²) in [6.45, 7) is 2.09. The van der Waals surface area contributed by atoms with Crippen LogP contribution in [0.1, 0.15) is 36.0 Å². The first-order valence-electron chi connectivity index (χ1n) is 15.1. The molecule has 1 aromatic heterocycles. The first-order chi connectivity index (χ1) is 21.0. The van der Waals surface area contributed by atoms with Gasteiger partial charge in [0.1, 0.15) is 17.8 Å². The molecule has 1 saturated heterocycles. The Labute approximate surface area is 252 Å². The molecule has 1 fully saturated rings. The predicted molar refractivity (Wildman–Crippen MR) is 171 cm³/mol. The molecule has 4 aromatic rings. The first-order valence-corrected chi connectivity index (χ1v) is 15.1. The van der Waals surface area contributed by atoms with E-state index in [1.807, 2.05) is 36.5 Å². The van der Waals surface area contributed by atoms with E-state index in [4.69, 9.17) is 15.6 Å². The number of hydrogen-bond acceptors (Lipinski definition) is 7. The zero-order valence-corrected chi connectivity index (χ0v) is 24.7. The Morgan fingerprint density at radius 3 is 2.56 bits per heavy atom. The van der Waals surface area contributed by atoms with Crippen molar-refractivity contribution in [3.8, 4) is 5.75 Å². The minimum Gasteiger partial charge on any atom is -0.497 e. The van der Waals surface area contributed by atoms with Gasteiger partial charge in [-0.05, 0) is 73.7 Å². The van der Waals surface area contributed by atoms with Gasteiger partial charge in [0.2, 0.25) is 5.91 Å². The summed E-state index contributed by atoms with van der Waals surface area (Å²) < 4.78 is 5.40. The summed E-state index contributed by atoms with van der Waals surface area (Å²) in [6.07, 6.45) is 5.53. The van der Waals surface area contributed by atoms with E-state index in [0.29, 0.717) is 25.8 Å². The lowest BCUT2D eigenvalue weighted by atomic mass is 9.88. The van der Waals surface area contributed by atoms with Crippen LogP contribution in [-0.2, 0) is 24.2 Å². The molecular weight excluding hydrogens is 538 g/mol. The number of benzene rings is 3. The van der Waals surface area contributed by atoms with Gasteiger partial charge < -0.3 is 31.0 Å². The molecule has 2 atom stereocenters. The molecule has 0 bridgehead atoms. The molecule has 3 heterocycles. The number of piperidine rings is 1. The maximum absolute atomic E-state index is 13.8. The predicted octanol–water partition coefficient (Wildman–Crippen LogP) is 3.66. The second-order valence-corrected chi connectivity index (χ2v) is 11.6. The van der Waals surface area contributed by atoms with Crippen LogP contribution in [0.15, 0.2) is 90.2 Å². The van der Waals surface area contributed by atoms with E-state index >= 15 is 0 Å². The van der Waals surface area contributed by atoms with Crippen LogP contribution in [0.25, 0.3) is 10.9 Å². The number of carbonyl (C=O) groups is 1. The summed E-state index contributed by atoms with van der Waals surface area (Å²) in [4.78, 5) is 19.5. The van der Waals surface area contributed by atoms with Crippen LogP contribution >= 0.6 is 0 Å². The maximum Gasteiger partial charge on any atom is 0.240 e. The SMILES string of the molecule is COc1ccc(CN2C([C@@H](Cc3c[nH]c4ccccc34)NC(=O)C3(N)CCNCC3)=NNC2CCc2ccccc2)cc1. The van der Waals surface area contributed by atoms with E-state index in [1.54, 1.807) is 7.11 Å². The average molecular weight is 580 g/mol. The lowest BCUT2D eigenvalue weighted by Crippen LogP contribution is -2.62. The number of rotatable bonds is 11. The summed E-state index contributed by atoms with van der Waals surface area (Å²) in [5.74, 6) is 1.50.